The van der Waals surface area contributed by atoms with Crippen molar-refractivity contribution >= 4 is 5.84 Å². The summed E-state index contributed by atoms with van der Waals surface area (Å²) in [6.07, 6.45) is 1.45. The van der Waals surface area contributed by atoms with E-state index in [0.717, 1.165) is 6.42 Å². The highest BCUT2D eigenvalue weighted by Crippen LogP contribution is 2.23. The third-order valence-electron chi connectivity index (χ3n) is 3.86. The molecule has 0 atom stereocenters. The largest absolute Gasteiger partial charge is 0.379 e. The van der Waals surface area contributed by atoms with Crippen LogP contribution < -0.4 is 5.84 Å². The van der Waals surface area contributed by atoms with E-state index < -0.39 is 5.41 Å². The number of hydrogen-bond donors (Lipinski definition) is 3. The van der Waals surface area contributed by atoms with E-state index in [-0.39, 0.29) is 11.3 Å². The van der Waals surface area contributed by atoms with Crippen LogP contribution in [0.15, 0.2) is 10.3 Å². The molecule has 0 unspecified atom stereocenters. The zero-order chi connectivity index (χ0) is 18.1. The van der Waals surface area contributed by atoms with E-state index in [1.54, 1.807) is 0 Å². The summed E-state index contributed by atoms with van der Waals surface area (Å²) in [6, 6.07) is 0. The number of ether oxygens (including phenoxy) is 2. The van der Waals surface area contributed by atoms with Crippen LogP contribution in [-0.4, -0.2) is 52.9 Å². The molecule has 1 heterocycles. The van der Waals surface area contributed by atoms with Crippen LogP contribution in [0.5, 0.6) is 0 Å². The fourth-order valence-electron chi connectivity index (χ4n) is 1.85. The normalized spacial score (nSPS) is 12.8. The van der Waals surface area contributed by atoms with Gasteiger partial charge in [0, 0.05) is 24.0 Å². The minimum atomic E-state index is -0.418. The fraction of sp³-hybridized carbons (Fsp3) is 0.857. The van der Waals surface area contributed by atoms with Crippen LogP contribution in [0.3, 0.4) is 0 Å². The predicted molar refractivity (Wildman–Crippen MR) is 88.6 cm³/mol. The van der Waals surface area contributed by atoms with E-state index in [4.69, 9.17) is 20.7 Å². The first-order valence-corrected chi connectivity index (χ1v) is 7.89. The lowest BCUT2D eigenvalue weighted by atomic mass is 9.88. The molecule has 0 aromatic carbocycles. The molecule has 0 radical (unpaired) electrons. The van der Waals surface area contributed by atoms with Gasteiger partial charge in [-0.1, -0.05) is 38.1 Å². The maximum absolute atomic E-state index is 7.74. The second-order valence-corrected chi connectivity index (χ2v) is 6.79. The zero-order valence-corrected chi connectivity index (χ0v) is 14.9. The maximum Gasteiger partial charge on any atom is 0.180 e. The van der Waals surface area contributed by atoms with E-state index in [9.17, 15) is 0 Å². The molecule has 0 saturated heterocycles. The van der Waals surface area contributed by atoms with Crippen molar-refractivity contribution in [1.82, 2.24) is 20.6 Å². The lowest BCUT2D eigenvalue weighted by Crippen LogP contribution is -2.24. The molecule has 0 spiro atoms. The molecule has 10 heteroatoms. The summed E-state index contributed by atoms with van der Waals surface area (Å²) in [5.74, 6) is 5.80. The first-order valence-electron chi connectivity index (χ1n) is 7.89. The van der Waals surface area contributed by atoms with Gasteiger partial charge < -0.3 is 15.3 Å². The molecule has 1 aromatic rings. The Labute approximate surface area is 142 Å². The van der Waals surface area contributed by atoms with Crippen molar-refractivity contribution < 1.29 is 9.47 Å². The van der Waals surface area contributed by atoms with Gasteiger partial charge >= 0.3 is 0 Å². The highest BCUT2D eigenvalue weighted by molar-refractivity contribution is 5.84. The van der Waals surface area contributed by atoms with Gasteiger partial charge in [0.2, 0.25) is 0 Å². The second-order valence-electron chi connectivity index (χ2n) is 6.79. The van der Waals surface area contributed by atoms with E-state index >= 15 is 0 Å². The Balaban J connectivity index is 2.10. The van der Waals surface area contributed by atoms with Crippen molar-refractivity contribution in [2.75, 3.05) is 26.4 Å². The van der Waals surface area contributed by atoms with Gasteiger partial charge in [0.15, 0.2) is 11.7 Å². The number of nitrogens with zero attached hydrogens (tertiary/aromatic N) is 5. The van der Waals surface area contributed by atoms with Crippen LogP contribution in [0.4, 0.5) is 0 Å². The van der Waals surface area contributed by atoms with Gasteiger partial charge in [-0.15, -0.1) is 15.3 Å². The number of aromatic nitrogens is 4. The molecule has 0 aliphatic carbocycles. The van der Waals surface area contributed by atoms with E-state index in [1.165, 1.54) is 0 Å². The Kier molecular flexibility index (Phi) is 7.86. The molecule has 0 amide bonds. The first kappa shape index (κ1) is 20.1. The summed E-state index contributed by atoms with van der Waals surface area (Å²) in [5.41, 5.74) is -0.603. The topological polar surface area (TPSA) is 148 Å². The number of nitrogens with one attached hydrogen (secondary N) is 2. The fourth-order valence-corrected chi connectivity index (χ4v) is 1.85. The van der Waals surface area contributed by atoms with Crippen molar-refractivity contribution in [3.8, 4) is 0 Å². The molecule has 0 aliphatic heterocycles. The van der Waals surface area contributed by atoms with Crippen LogP contribution in [0.1, 0.15) is 46.4 Å². The lowest BCUT2D eigenvalue weighted by molar-refractivity contribution is 0.0362. The smallest absolute Gasteiger partial charge is 0.180 e. The molecule has 0 saturated carbocycles. The molecule has 1 rings (SSSR count). The average Bonchev–Trinajstić information content (AvgIpc) is 3.05. The zero-order valence-electron chi connectivity index (χ0n) is 14.9. The summed E-state index contributed by atoms with van der Waals surface area (Å²) in [5, 5.41) is 28.5. The van der Waals surface area contributed by atoms with Gasteiger partial charge in [0.05, 0.1) is 13.2 Å². The van der Waals surface area contributed by atoms with Crippen molar-refractivity contribution in [2.24, 2.45) is 21.6 Å². The molecule has 0 bridgehead atoms. The van der Waals surface area contributed by atoms with Crippen molar-refractivity contribution in [3.05, 3.63) is 5.82 Å². The Bertz CT molecular complexity index is 513. The highest BCUT2D eigenvalue weighted by Gasteiger charge is 2.25. The van der Waals surface area contributed by atoms with Gasteiger partial charge in [0.1, 0.15) is 0 Å². The molecule has 10 nitrogen and oxygen atoms in total. The minimum Gasteiger partial charge on any atom is -0.379 e. The Morgan fingerprint density at radius 1 is 1.12 bits per heavy atom. The van der Waals surface area contributed by atoms with Gasteiger partial charge in [-0.3, -0.25) is 5.41 Å². The number of amidine groups is 1. The number of tetrazole rings is 1. The van der Waals surface area contributed by atoms with E-state index in [0.29, 0.717) is 38.7 Å². The number of nitrogens with two attached hydrogens (primary N) is 1. The number of hydrogen-bond acceptors (Lipinski definition) is 7. The molecular weight excluding hydrogens is 312 g/mol. The van der Waals surface area contributed by atoms with Crippen molar-refractivity contribution in [2.45, 2.75) is 46.0 Å². The number of rotatable bonds is 11. The summed E-state index contributed by atoms with van der Waals surface area (Å²) in [6.45, 7) is 10.0. The third-order valence-corrected chi connectivity index (χ3v) is 3.86. The van der Waals surface area contributed by atoms with Gasteiger partial charge in [0.25, 0.3) is 0 Å². The predicted octanol–water partition coefficient (Wildman–Crippen LogP) is 1.62. The molecule has 136 valence electrons. The Hall–Kier alpha value is -1.94. The third kappa shape index (κ3) is 6.67. The van der Waals surface area contributed by atoms with Gasteiger partial charge in [-0.25, -0.2) is 0 Å². The van der Waals surface area contributed by atoms with Crippen molar-refractivity contribution in [1.29, 1.82) is 5.41 Å². The second kappa shape index (κ2) is 9.38. The van der Waals surface area contributed by atoms with Gasteiger partial charge in [-0.2, -0.15) is 5.21 Å². The highest BCUT2D eigenvalue weighted by atomic mass is 16.5. The molecule has 0 aliphatic rings. The van der Waals surface area contributed by atoms with Gasteiger partial charge in [-0.05, 0) is 12.8 Å². The minimum absolute atomic E-state index is 0.147. The lowest BCUT2D eigenvalue weighted by Gasteiger charge is -2.22. The average molecular weight is 340 g/mol. The summed E-state index contributed by atoms with van der Waals surface area (Å²) in [4.78, 5) is 0. The number of H-pyrrole nitrogens is 1. The Morgan fingerprint density at radius 2 is 1.75 bits per heavy atom. The summed E-state index contributed by atoms with van der Waals surface area (Å²) in [7, 11) is 0. The SMILES string of the molecule is CC(C)(CCOCCOCCC(C)(C)c1nn[nH]n1)C(=N)N=NN. The summed E-state index contributed by atoms with van der Waals surface area (Å²) < 4.78 is 11.1. The standard InChI is InChI=1S/C14H28N8O2/c1-13(2,11(15)17-20-16)5-7-23-9-10-24-8-6-14(3,4)12-18-21-22-19-12/h5-10H2,1-4H3,(H3,15,16,17)(H,18,19,21,22). The molecule has 0 fully saturated rings. The van der Waals surface area contributed by atoms with Crippen LogP contribution in [-0.2, 0) is 14.9 Å². The van der Waals surface area contributed by atoms with E-state index in [1.807, 2.05) is 27.7 Å². The Morgan fingerprint density at radius 3 is 2.29 bits per heavy atom. The van der Waals surface area contributed by atoms with Crippen molar-refractivity contribution in [3.63, 3.8) is 0 Å². The van der Waals surface area contributed by atoms with Crippen LogP contribution >= 0.6 is 0 Å². The van der Waals surface area contributed by atoms with Crippen LogP contribution in [0.25, 0.3) is 0 Å². The van der Waals surface area contributed by atoms with E-state index in [2.05, 4.69) is 31.0 Å². The van der Waals surface area contributed by atoms with Crippen LogP contribution in [0, 0.1) is 10.8 Å². The maximum atomic E-state index is 7.74. The molecule has 24 heavy (non-hydrogen) atoms. The molecule has 1 aromatic heterocycles. The quantitative estimate of drug-likeness (QED) is 0.139. The summed E-state index contributed by atoms with van der Waals surface area (Å²) >= 11 is 0. The molecular formula is C14H28N8O2. The number of aromatic amines is 1. The first-order chi connectivity index (χ1) is 11.3. The van der Waals surface area contributed by atoms with Crippen LogP contribution in [0.2, 0.25) is 0 Å². The molecule has 4 N–H and O–H groups in total. The monoisotopic (exact) mass is 340 g/mol.